The van der Waals surface area contributed by atoms with Crippen LogP contribution in [-0.4, -0.2) is 80.7 Å². The second-order valence-electron chi connectivity index (χ2n) is 9.74. The summed E-state index contributed by atoms with van der Waals surface area (Å²) in [5.74, 6) is 0.708. The Morgan fingerprint density at radius 1 is 0.959 bits per heavy atom. The lowest BCUT2D eigenvalue weighted by atomic mass is 10.2. The first-order valence-corrected chi connectivity index (χ1v) is 16.0. The maximum absolute atomic E-state index is 14.0. The number of unbranched alkanes of at least 4 members (excludes halogenated alkanes) is 1. The third-order valence-electron chi connectivity index (χ3n) is 6.44. The molecule has 49 heavy (non-hydrogen) atoms. The number of carbonyl (C=O) groups is 1. The molecule has 1 unspecified atom stereocenters. The van der Waals surface area contributed by atoms with E-state index in [4.69, 9.17) is 18.9 Å². The van der Waals surface area contributed by atoms with Gasteiger partial charge in [0.25, 0.3) is 27.5 Å². The van der Waals surface area contributed by atoms with Crippen molar-refractivity contribution in [3.05, 3.63) is 82.8 Å². The molecule has 0 aliphatic rings. The van der Waals surface area contributed by atoms with E-state index in [1.807, 2.05) is 6.92 Å². The van der Waals surface area contributed by atoms with Crippen LogP contribution < -0.4 is 18.5 Å². The molecule has 262 valence electrons. The quantitative estimate of drug-likeness (QED) is 0.0493. The van der Waals surface area contributed by atoms with Crippen molar-refractivity contribution in [2.75, 3.05) is 38.8 Å². The van der Waals surface area contributed by atoms with E-state index in [0.29, 0.717) is 36.4 Å². The molecule has 1 atom stereocenters. The number of aryl methyl sites for hydroxylation is 1. The first-order chi connectivity index (χ1) is 23.6. The number of aromatic nitrogens is 4. The fourth-order valence-electron chi connectivity index (χ4n) is 4.00. The van der Waals surface area contributed by atoms with Crippen LogP contribution in [-0.2, 0) is 29.1 Å². The minimum atomic E-state index is -4.31. The second-order valence-corrected chi connectivity index (χ2v) is 11.5. The Balaban J connectivity index is 0.000000509. The van der Waals surface area contributed by atoms with Crippen molar-refractivity contribution in [3.8, 4) is 34.5 Å². The molecule has 0 aliphatic carbocycles. The Labute approximate surface area is 282 Å². The van der Waals surface area contributed by atoms with Crippen LogP contribution in [0.25, 0.3) is 11.4 Å². The molecular formula is C31H36N6O11S. The third kappa shape index (κ3) is 10.4. The highest BCUT2D eigenvalue weighted by Crippen LogP contribution is 2.44. The largest absolute Gasteiger partial charge is 0.493 e. The molecular weight excluding hydrogens is 664 g/mol. The van der Waals surface area contributed by atoms with Gasteiger partial charge in [-0.25, -0.2) is 14.3 Å². The van der Waals surface area contributed by atoms with E-state index < -0.39 is 21.3 Å². The summed E-state index contributed by atoms with van der Waals surface area (Å²) >= 11 is 0. The van der Waals surface area contributed by atoms with Gasteiger partial charge in [0.05, 0.1) is 27.4 Å². The van der Waals surface area contributed by atoms with Gasteiger partial charge in [-0.2, -0.15) is 13.4 Å². The van der Waals surface area contributed by atoms with Gasteiger partial charge in [0.15, 0.2) is 28.2 Å². The Kier molecular flexibility index (Phi) is 14.4. The number of carbonyl (C=O) groups excluding carboxylic acids is 1. The van der Waals surface area contributed by atoms with Crippen molar-refractivity contribution in [1.82, 2.24) is 19.9 Å². The third-order valence-corrected chi connectivity index (χ3v) is 8.20. The van der Waals surface area contributed by atoms with Crippen LogP contribution in [0.3, 0.4) is 0 Å². The zero-order chi connectivity index (χ0) is 35.8. The summed E-state index contributed by atoms with van der Waals surface area (Å²) in [7, 11) is -0.0245. The lowest BCUT2D eigenvalue weighted by Gasteiger charge is -2.29. The number of benzene rings is 1. The molecule has 0 N–H and O–H groups in total. The number of hydrogen-bond donors (Lipinski definition) is 0. The first-order valence-electron chi connectivity index (χ1n) is 14.6. The van der Waals surface area contributed by atoms with Crippen molar-refractivity contribution in [3.63, 3.8) is 0 Å². The van der Waals surface area contributed by atoms with Crippen molar-refractivity contribution in [1.29, 1.82) is 0 Å². The van der Waals surface area contributed by atoms with Gasteiger partial charge in [0.2, 0.25) is 5.75 Å². The lowest BCUT2D eigenvalue weighted by Crippen LogP contribution is -2.41. The molecule has 4 rings (SSSR count). The van der Waals surface area contributed by atoms with Gasteiger partial charge >= 0.3 is 0 Å². The monoisotopic (exact) mass is 700 g/mol. The predicted molar refractivity (Wildman–Crippen MR) is 174 cm³/mol. The zero-order valence-electron chi connectivity index (χ0n) is 27.4. The standard InChI is InChI=1S/C26H27N5O6S.C5H9NO5/c1-17-10-11-22(28-16-17)38(32,33)31(18(2)34-3)25-23(37-21-9-7-6-8-20(21)35-4)26(36-5)30-24(29-25)19-12-14-27-15-13-19;7-5-10-3-1-2-4-11-6(8)9/h6-16,18H,1-5H3;5H,1-4H2. The Morgan fingerprint density at radius 2 is 1.65 bits per heavy atom. The number of anilines is 1. The Morgan fingerprint density at radius 3 is 2.24 bits per heavy atom. The minimum absolute atomic E-state index is 0.00640. The fraction of sp³-hybridized carbons (Fsp3) is 0.323. The van der Waals surface area contributed by atoms with E-state index in [0.717, 1.165) is 9.87 Å². The number of nitrogens with zero attached hydrogens (tertiary/aromatic N) is 6. The van der Waals surface area contributed by atoms with E-state index in [2.05, 4.69) is 29.5 Å². The Bertz CT molecular complexity index is 1760. The molecule has 1 aromatic carbocycles. The fourth-order valence-corrected chi connectivity index (χ4v) is 5.45. The molecule has 0 spiro atoms. The Hall–Kier alpha value is -5.62. The van der Waals surface area contributed by atoms with Crippen molar-refractivity contribution in [2.45, 2.75) is 37.9 Å². The molecule has 0 aliphatic heterocycles. The van der Waals surface area contributed by atoms with Crippen LogP contribution in [0.1, 0.15) is 25.3 Å². The van der Waals surface area contributed by atoms with Gasteiger partial charge < -0.3 is 28.5 Å². The summed E-state index contributed by atoms with van der Waals surface area (Å²) in [5.41, 5.74) is 1.39. The van der Waals surface area contributed by atoms with Crippen LogP contribution in [0.2, 0.25) is 0 Å². The van der Waals surface area contributed by atoms with Crippen LogP contribution in [0.4, 0.5) is 5.82 Å². The predicted octanol–water partition coefficient (Wildman–Crippen LogP) is 4.39. The average Bonchev–Trinajstić information content (AvgIpc) is 3.11. The van der Waals surface area contributed by atoms with E-state index in [1.165, 1.54) is 33.6 Å². The molecule has 3 aromatic heterocycles. The summed E-state index contributed by atoms with van der Waals surface area (Å²) in [6.45, 7) is 4.06. The van der Waals surface area contributed by atoms with Gasteiger partial charge in [0.1, 0.15) is 6.23 Å². The number of methoxy groups -OCH3 is 3. The van der Waals surface area contributed by atoms with Crippen LogP contribution in [0, 0.1) is 17.0 Å². The summed E-state index contributed by atoms with van der Waals surface area (Å²) in [5, 5.41) is 8.54. The highest BCUT2D eigenvalue weighted by atomic mass is 32.2. The number of pyridine rings is 2. The van der Waals surface area contributed by atoms with Gasteiger partial charge in [-0.1, -0.05) is 18.2 Å². The number of sulfonamides is 1. The molecule has 0 bridgehead atoms. The minimum Gasteiger partial charge on any atom is -0.493 e. The van der Waals surface area contributed by atoms with Gasteiger partial charge in [-0.3, -0.25) is 9.78 Å². The zero-order valence-corrected chi connectivity index (χ0v) is 28.2. The van der Waals surface area contributed by atoms with Crippen LogP contribution in [0.5, 0.6) is 23.1 Å². The molecule has 18 heteroatoms. The molecule has 0 saturated carbocycles. The summed E-state index contributed by atoms with van der Waals surface area (Å²) in [4.78, 5) is 40.5. The van der Waals surface area contributed by atoms with Crippen LogP contribution in [0.15, 0.2) is 72.1 Å². The van der Waals surface area contributed by atoms with Gasteiger partial charge in [-0.05, 0) is 62.6 Å². The van der Waals surface area contributed by atoms with E-state index >= 15 is 0 Å². The topological polar surface area (TPSA) is 205 Å². The van der Waals surface area contributed by atoms with Crippen molar-refractivity contribution in [2.24, 2.45) is 0 Å². The molecule has 3 heterocycles. The van der Waals surface area contributed by atoms with E-state index in [-0.39, 0.29) is 41.5 Å². The molecule has 17 nitrogen and oxygen atoms in total. The SMILES string of the molecule is COc1ccccc1Oc1c(OC)nc(-c2ccncc2)nc1N(C(C)OC)S(=O)(=O)c1ccc(C)cn1.O=COCCCCO[N+](=O)[O-]. The maximum atomic E-state index is 14.0. The lowest BCUT2D eigenvalue weighted by molar-refractivity contribution is -0.757. The molecule has 0 amide bonds. The molecule has 0 fully saturated rings. The molecule has 4 aromatic rings. The van der Waals surface area contributed by atoms with E-state index in [9.17, 15) is 23.3 Å². The number of ether oxygens (including phenoxy) is 5. The van der Waals surface area contributed by atoms with Gasteiger partial charge in [0, 0.05) is 31.3 Å². The normalized spacial score (nSPS) is 11.3. The maximum Gasteiger partial charge on any atom is 0.294 e. The molecule has 0 saturated heterocycles. The number of para-hydroxylation sites is 2. The summed E-state index contributed by atoms with van der Waals surface area (Å²) < 4.78 is 56.0. The van der Waals surface area contributed by atoms with Crippen molar-refractivity contribution < 1.29 is 46.8 Å². The number of hydrogen-bond acceptors (Lipinski definition) is 15. The second kappa shape index (κ2) is 18.6. The average molecular weight is 701 g/mol. The van der Waals surface area contributed by atoms with Crippen molar-refractivity contribution >= 4 is 22.3 Å². The van der Waals surface area contributed by atoms with E-state index in [1.54, 1.807) is 61.8 Å². The molecule has 0 radical (unpaired) electrons. The summed E-state index contributed by atoms with van der Waals surface area (Å²) in [6.07, 6.45) is 4.69. The smallest absolute Gasteiger partial charge is 0.294 e. The highest BCUT2D eigenvalue weighted by Gasteiger charge is 2.37. The van der Waals surface area contributed by atoms with Crippen LogP contribution >= 0.6 is 0 Å². The van der Waals surface area contributed by atoms with Gasteiger partial charge in [-0.15, -0.1) is 10.1 Å². The number of rotatable bonds is 17. The highest BCUT2D eigenvalue weighted by molar-refractivity contribution is 7.92. The summed E-state index contributed by atoms with van der Waals surface area (Å²) in [6, 6.07) is 13.4. The first kappa shape index (κ1) is 37.8.